The summed E-state index contributed by atoms with van der Waals surface area (Å²) in [6, 6.07) is 21.2. The molecule has 0 radical (unpaired) electrons. The topological polar surface area (TPSA) is 69.5 Å². The Morgan fingerprint density at radius 3 is 2.69 bits per heavy atom. The predicted molar refractivity (Wildman–Crippen MR) is 133 cm³/mol. The molecule has 1 aliphatic rings. The fourth-order valence-corrected chi connectivity index (χ4v) is 4.20. The third-order valence-electron chi connectivity index (χ3n) is 6.18. The van der Waals surface area contributed by atoms with Crippen molar-refractivity contribution in [2.75, 3.05) is 19.7 Å². The van der Waals surface area contributed by atoms with Gasteiger partial charge in [-0.15, -0.1) is 0 Å². The molecule has 0 N–H and O–H groups in total. The number of ether oxygens (including phenoxy) is 2. The number of rotatable bonds is 6. The predicted octanol–water partition coefficient (Wildman–Crippen LogP) is 4.95. The molecule has 0 saturated carbocycles. The maximum atomic E-state index is 13.5. The number of aromatic nitrogens is 3. The summed E-state index contributed by atoms with van der Waals surface area (Å²) in [4.78, 5) is 24.4. The van der Waals surface area contributed by atoms with E-state index in [0.29, 0.717) is 37.7 Å². The molecule has 0 aliphatic carbocycles. The average molecular weight is 469 g/mol. The van der Waals surface area contributed by atoms with Crippen LogP contribution in [0.1, 0.15) is 39.1 Å². The van der Waals surface area contributed by atoms with Gasteiger partial charge in [0, 0.05) is 37.1 Å². The molecule has 0 bridgehead atoms. The Kier molecular flexibility index (Phi) is 6.59. The van der Waals surface area contributed by atoms with Crippen molar-refractivity contribution >= 4 is 5.91 Å². The van der Waals surface area contributed by atoms with Crippen molar-refractivity contribution in [1.82, 2.24) is 19.4 Å². The van der Waals surface area contributed by atoms with Gasteiger partial charge in [0.25, 0.3) is 5.91 Å². The van der Waals surface area contributed by atoms with Gasteiger partial charge < -0.3 is 18.9 Å². The van der Waals surface area contributed by atoms with E-state index in [2.05, 4.69) is 9.97 Å². The maximum absolute atomic E-state index is 13.5. The molecule has 7 nitrogen and oxygen atoms in total. The second-order valence-corrected chi connectivity index (χ2v) is 8.69. The number of nitrogens with zero attached hydrogens (tertiary/aromatic N) is 4. The number of benzene rings is 2. The molecule has 5 rings (SSSR count). The normalized spacial score (nSPS) is 15.7. The Morgan fingerprint density at radius 2 is 1.89 bits per heavy atom. The number of amides is 1. The summed E-state index contributed by atoms with van der Waals surface area (Å²) in [7, 11) is 0. The van der Waals surface area contributed by atoms with Crippen molar-refractivity contribution in [2.24, 2.45) is 0 Å². The van der Waals surface area contributed by atoms with Gasteiger partial charge in [-0.25, -0.2) is 9.97 Å². The molecule has 2 aromatic heterocycles. The summed E-state index contributed by atoms with van der Waals surface area (Å²) in [6.07, 6.45) is 3.38. The Morgan fingerprint density at radius 1 is 1.06 bits per heavy atom. The van der Waals surface area contributed by atoms with Gasteiger partial charge in [0.1, 0.15) is 17.7 Å². The first-order valence-corrected chi connectivity index (χ1v) is 11.7. The van der Waals surface area contributed by atoms with Gasteiger partial charge in [-0.1, -0.05) is 42.0 Å². The summed E-state index contributed by atoms with van der Waals surface area (Å²) in [6.45, 7) is 6.00. The molecule has 1 saturated heterocycles. The van der Waals surface area contributed by atoms with Crippen LogP contribution in [0, 0.1) is 13.8 Å². The number of aryl methyl sites for hydroxylation is 2. The standard InChI is InChI=1S/C28H28N4O3/c1-20-10-12-23(13-11-20)35-27-9-5-8-25(30-27)26-19-32(16-17-34-26)28(33)24-7-4-3-6-22(24)18-31-15-14-29-21(31)2/h3-15,26H,16-19H2,1-2H3. The van der Waals surface area contributed by atoms with Crippen LogP contribution in [0.25, 0.3) is 0 Å². The summed E-state index contributed by atoms with van der Waals surface area (Å²) in [5.74, 6) is 2.14. The molecule has 4 aromatic rings. The van der Waals surface area contributed by atoms with Crippen molar-refractivity contribution in [1.29, 1.82) is 0 Å². The quantitative estimate of drug-likeness (QED) is 0.401. The average Bonchev–Trinajstić information content (AvgIpc) is 3.30. The van der Waals surface area contributed by atoms with Crippen molar-refractivity contribution in [3.63, 3.8) is 0 Å². The first-order valence-electron chi connectivity index (χ1n) is 11.7. The molecule has 178 valence electrons. The monoisotopic (exact) mass is 468 g/mol. The molecule has 1 fully saturated rings. The lowest BCUT2D eigenvalue weighted by Crippen LogP contribution is -2.42. The summed E-state index contributed by atoms with van der Waals surface area (Å²) in [5.41, 5.74) is 3.58. The highest BCUT2D eigenvalue weighted by Crippen LogP contribution is 2.26. The fraction of sp³-hybridized carbons (Fsp3) is 0.250. The van der Waals surface area contributed by atoms with E-state index in [9.17, 15) is 4.79 Å². The fourth-order valence-electron chi connectivity index (χ4n) is 4.20. The second-order valence-electron chi connectivity index (χ2n) is 8.69. The van der Waals surface area contributed by atoms with Gasteiger partial charge in [-0.2, -0.15) is 0 Å². The van der Waals surface area contributed by atoms with Crippen molar-refractivity contribution < 1.29 is 14.3 Å². The van der Waals surface area contributed by atoms with E-state index in [1.165, 1.54) is 5.56 Å². The van der Waals surface area contributed by atoms with Crippen LogP contribution in [0.4, 0.5) is 0 Å². The molecule has 1 unspecified atom stereocenters. The Hall–Kier alpha value is -3.97. The third-order valence-corrected chi connectivity index (χ3v) is 6.18. The zero-order valence-corrected chi connectivity index (χ0v) is 19.9. The van der Waals surface area contributed by atoms with E-state index in [1.807, 2.05) is 96.2 Å². The number of carbonyl (C=O) groups excluding carboxylic acids is 1. The van der Waals surface area contributed by atoms with E-state index in [-0.39, 0.29) is 12.0 Å². The Balaban J connectivity index is 1.31. The molecule has 35 heavy (non-hydrogen) atoms. The molecule has 0 spiro atoms. The maximum Gasteiger partial charge on any atom is 0.254 e. The van der Waals surface area contributed by atoms with Gasteiger partial charge >= 0.3 is 0 Å². The molecule has 1 atom stereocenters. The number of carbonyl (C=O) groups is 1. The van der Waals surface area contributed by atoms with Crippen LogP contribution in [0.2, 0.25) is 0 Å². The zero-order chi connectivity index (χ0) is 24.2. The number of morpholine rings is 1. The highest BCUT2D eigenvalue weighted by Gasteiger charge is 2.28. The highest BCUT2D eigenvalue weighted by molar-refractivity contribution is 5.95. The molecule has 1 aliphatic heterocycles. The van der Waals surface area contributed by atoms with E-state index in [1.54, 1.807) is 6.20 Å². The van der Waals surface area contributed by atoms with Crippen LogP contribution in [0.3, 0.4) is 0 Å². The van der Waals surface area contributed by atoms with Gasteiger partial charge in [0.05, 0.1) is 18.8 Å². The highest BCUT2D eigenvalue weighted by atomic mass is 16.5. The van der Waals surface area contributed by atoms with Gasteiger partial charge in [-0.05, 0) is 43.7 Å². The van der Waals surface area contributed by atoms with Crippen molar-refractivity contribution in [3.05, 3.63) is 107 Å². The van der Waals surface area contributed by atoms with Crippen molar-refractivity contribution in [2.45, 2.75) is 26.5 Å². The van der Waals surface area contributed by atoms with Crippen LogP contribution in [-0.2, 0) is 11.3 Å². The number of imidazole rings is 1. The van der Waals surface area contributed by atoms with E-state index < -0.39 is 0 Å². The van der Waals surface area contributed by atoms with Crippen LogP contribution in [0.15, 0.2) is 79.1 Å². The summed E-state index contributed by atoms with van der Waals surface area (Å²) >= 11 is 0. The third kappa shape index (κ3) is 5.25. The van der Waals surface area contributed by atoms with Gasteiger partial charge in [0.2, 0.25) is 5.88 Å². The lowest BCUT2D eigenvalue weighted by atomic mass is 10.0. The summed E-state index contributed by atoms with van der Waals surface area (Å²) < 4.78 is 14.0. The van der Waals surface area contributed by atoms with Crippen molar-refractivity contribution in [3.8, 4) is 11.6 Å². The van der Waals surface area contributed by atoms with E-state index in [0.717, 1.165) is 22.8 Å². The van der Waals surface area contributed by atoms with Crippen LogP contribution in [0.5, 0.6) is 11.6 Å². The molecular weight excluding hydrogens is 440 g/mol. The van der Waals surface area contributed by atoms with Gasteiger partial charge in [-0.3, -0.25) is 4.79 Å². The first kappa shape index (κ1) is 22.8. The molecular formula is C28H28N4O3. The van der Waals surface area contributed by atoms with Crippen LogP contribution < -0.4 is 4.74 Å². The Bertz CT molecular complexity index is 1320. The van der Waals surface area contributed by atoms with Crippen LogP contribution >= 0.6 is 0 Å². The van der Waals surface area contributed by atoms with Gasteiger partial charge in [0.15, 0.2) is 0 Å². The first-order chi connectivity index (χ1) is 17.1. The minimum absolute atomic E-state index is 0.00118. The second kappa shape index (κ2) is 10.1. The van der Waals surface area contributed by atoms with Crippen LogP contribution in [-0.4, -0.2) is 45.0 Å². The molecule has 2 aromatic carbocycles. The molecule has 3 heterocycles. The lowest BCUT2D eigenvalue weighted by Gasteiger charge is -2.33. The smallest absolute Gasteiger partial charge is 0.254 e. The lowest BCUT2D eigenvalue weighted by molar-refractivity contribution is -0.0249. The van der Waals surface area contributed by atoms with E-state index >= 15 is 0 Å². The largest absolute Gasteiger partial charge is 0.439 e. The summed E-state index contributed by atoms with van der Waals surface area (Å²) in [5, 5.41) is 0. The minimum atomic E-state index is -0.322. The SMILES string of the molecule is Cc1ccc(Oc2cccc(C3CN(C(=O)c4ccccc4Cn4ccnc4C)CCO3)n2)cc1. The molecule has 7 heteroatoms. The molecule has 1 amide bonds. The number of hydrogen-bond donors (Lipinski definition) is 0. The zero-order valence-electron chi connectivity index (χ0n) is 19.9. The minimum Gasteiger partial charge on any atom is -0.439 e. The Labute approximate surface area is 205 Å². The van der Waals surface area contributed by atoms with E-state index in [4.69, 9.17) is 9.47 Å². The number of hydrogen-bond acceptors (Lipinski definition) is 5. The number of pyridine rings is 1.